The number of hydrogen-bond acceptors (Lipinski definition) is 0. The lowest BCUT2D eigenvalue weighted by molar-refractivity contribution is 1.12. The summed E-state index contributed by atoms with van der Waals surface area (Å²) in [5.74, 6) is 0. The Bertz CT molecular complexity index is 3710. The Kier molecular flexibility index (Phi) is 8.01. The van der Waals surface area contributed by atoms with Crippen LogP contribution in [-0.2, 0) is 6.42 Å². The van der Waals surface area contributed by atoms with Crippen LogP contribution in [0.15, 0.2) is 231 Å². The Hall–Kier alpha value is -8.20. The summed E-state index contributed by atoms with van der Waals surface area (Å²) in [5, 5.41) is 5.07. The van der Waals surface area contributed by atoms with E-state index in [-0.39, 0.29) is 0 Å². The minimum atomic E-state index is 0.836. The number of fused-ring (bicyclic) bond motifs is 10. The van der Waals surface area contributed by atoms with Crippen LogP contribution in [0.4, 0.5) is 0 Å². The van der Waals surface area contributed by atoms with E-state index in [1.807, 2.05) is 0 Å². The summed E-state index contributed by atoms with van der Waals surface area (Å²) < 4.78 is 5.02. The van der Waals surface area contributed by atoms with Crippen LogP contribution in [0, 0.1) is 0 Å². The molecule has 0 saturated carbocycles. The molecule has 2 aromatic heterocycles. The maximum atomic E-state index is 2.57. The lowest BCUT2D eigenvalue weighted by Crippen LogP contribution is -2.00. The highest BCUT2D eigenvalue weighted by atomic mass is 15.0. The number of para-hydroxylation sites is 2. The molecule has 1 aliphatic carbocycles. The van der Waals surface area contributed by atoms with Crippen LogP contribution in [0.5, 0.6) is 0 Å². The van der Waals surface area contributed by atoms with E-state index < -0.39 is 0 Å². The van der Waals surface area contributed by atoms with Crippen molar-refractivity contribution >= 4 is 43.6 Å². The van der Waals surface area contributed by atoms with Crippen molar-refractivity contribution in [2.75, 3.05) is 0 Å². The van der Waals surface area contributed by atoms with E-state index >= 15 is 0 Å². The van der Waals surface area contributed by atoms with Gasteiger partial charge in [0.15, 0.2) is 0 Å². The standard InChI is InChI=1S/C61H40N2/c1-5-17-40(18-6-1)43-29-31-47(32-30-43)62-55-27-15-13-25-48(55)60-57(62)33-34-58-61(60)49-26-14-16-28-56(49)63(58)59-38-46(42-21-9-3-10-22-42)37-52-51-36-45(41-19-7-2-8-20-41)35-50(53(51)39-54(52)59)44-23-11-4-12-24-44/h1-38H,39H2. The molecule has 0 bridgehead atoms. The SMILES string of the molecule is c1ccc(-c2ccc(-n3c4ccccc4c4c5c6ccccc6n(-c6cc(-c7ccccc7)cc7c6Cc6c(-c8ccccc8)cc(-c8ccccc8)cc6-7)c5ccc43)cc2)cc1. The molecule has 2 heterocycles. The number of rotatable bonds is 6. The lowest BCUT2D eigenvalue weighted by Gasteiger charge is -2.16. The van der Waals surface area contributed by atoms with Crippen LogP contribution in [0.1, 0.15) is 11.1 Å². The highest BCUT2D eigenvalue weighted by Gasteiger charge is 2.29. The Morgan fingerprint density at radius 2 is 0.683 bits per heavy atom. The summed E-state index contributed by atoms with van der Waals surface area (Å²) in [5.41, 5.74) is 22.4. The van der Waals surface area contributed by atoms with Crippen LogP contribution < -0.4 is 0 Å². The van der Waals surface area contributed by atoms with Crippen LogP contribution in [-0.4, -0.2) is 9.13 Å². The minimum Gasteiger partial charge on any atom is -0.309 e. The van der Waals surface area contributed by atoms with Gasteiger partial charge in [-0.2, -0.15) is 0 Å². The van der Waals surface area contributed by atoms with E-state index in [1.54, 1.807) is 0 Å². The largest absolute Gasteiger partial charge is 0.309 e. The van der Waals surface area contributed by atoms with Crippen molar-refractivity contribution in [1.82, 2.24) is 9.13 Å². The molecule has 0 unspecified atom stereocenters. The van der Waals surface area contributed by atoms with Gasteiger partial charge in [-0.15, -0.1) is 0 Å². The molecule has 0 fully saturated rings. The summed E-state index contributed by atoms with van der Waals surface area (Å²) >= 11 is 0. The molecule has 0 saturated heterocycles. The Morgan fingerprint density at radius 3 is 1.25 bits per heavy atom. The molecule has 10 aromatic carbocycles. The van der Waals surface area contributed by atoms with Crippen LogP contribution in [0.25, 0.3) is 111 Å². The van der Waals surface area contributed by atoms with E-state index in [0.29, 0.717) is 0 Å². The number of benzene rings is 10. The Morgan fingerprint density at radius 1 is 0.270 bits per heavy atom. The van der Waals surface area contributed by atoms with Gasteiger partial charge in [-0.3, -0.25) is 0 Å². The molecule has 0 N–H and O–H groups in total. The summed E-state index contributed by atoms with van der Waals surface area (Å²) in [7, 11) is 0. The van der Waals surface area contributed by atoms with Crippen molar-refractivity contribution in [1.29, 1.82) is 0 Å². The molecule has 2 nitrogen and oxygen atoms in total. The molecule has 0 radical (unpaired) electrons. The average molecular weight is 801 g/mol. The average Bonchev–Trinajstić information content (AvgIpc) is 4.02. The van der Waals surface area contributed by atoms with Crippen LogP contribution in [0.2, 0.25) is 0 Å². The monoisotopic (exact) mass is 800 g/mol. The third-order valence-electron chi connectivity index (χ3n) is 13.4. The van der Waals surface area contributed by atoms with Gasteiger partial charge in [-0.1, -0.05) is 170 Å². The molecular weight excluding hydrogens is 761 g/mol. The van der Waals surface area contributed by atoms with Gasteiger partial charge >= 0.3 is 0 Å². The molecule has 0 aliphatic heterocycles. The fraction of sp³-hybridized carbons (Fsp3) is 0.0164. The predicted octanol–water partition coefficient (Wildman–Crippen LogP) is 16.1. The normalized spacial score (nSPS) is 12.1. The van der Waals surface area contributed by atoms with Gasteiger partial charge in [0.1, 0.15) is 0 Å². The molecule has 63 heavy (non-hydrogen) atoms. The second-order valence-corrected chi connectivity index (χ2v) is 16.8. The molecular formula is C61H40N2. The zero-order valence-electron chi connectivity index (χ0n) is 34.5. The van der Waals surface area contributed by atoms with Gasteiger partial charge in [-0.05, 0) is 127 Å². The van der Waals surface area contributed by atoms with Gasteiger partial charge in [0.25, 0.3) is 0 Å². The number of nitrogens with zero attached hydrogens (tertiary/aromatic N) is 2. The van der Waals surface area contributed by atoms with Crippen molar-refractivity contribution in [3.63, 3.8) is 0 Å². The maximum Gasteiger partial charge on any atom is 0.0549 e. The van der Waals surface area contributed by atoms with Gasteiger partial charge in [0.05, 0.1) is 27.8 Å². The van der Waals surface area contributed by atoms with E-state index in [2.05, 4.69) is 240 Å². The fourth-order valence-electron chi connectivity index (χ4n) is 10.5. The Labute approximate surface area is 366 Å². The van der Waals surface area contributed by atoms with Crippen molar-refractivity contribution in [3.8, 4) is 67.0 Å². The topological polar surface area (TPSA) is 9.86 Å². The highest BCUT2D eigenvalue weighted by Crippen LogP contribution is 2.50. The molecule has 0 spiro atoms. The van der Waals surface area contributed by atoms with E-state index in [0.717, 1.165) is 12.1 Å². The molecule has 12 aromatic rings. The fourth-order valence-corrected chi connectivity index (χ4v) is 10.5. The second kappa shape index (κ2) is 14.2. The molecule has 1 aliphatic rings. The van der Waals surface area contributed by atoms with Crippen LogP contribution in [0.3, 0.4) is 0 Å². The first-order valence-corrected chi connectivity index (χ1v) is 21.9. The number of aromatic nitrogens is 2. The smallest absolute Gasteiger partial charge is 0.0549 e. The highest BCUT2D eigenvalue weighted by molar-refractivity contribution is 6.29. The first-order valence-electron chi connectivity index (χ1n) is 21.9. The third kappa shape index (κ3) is 5.58. The zero-order valence-corrected chi connectivity index (χ0v) is 34.5. The second-order valence-electron chi connectivity index (χ2n) is 16.8. The Balaban J connectivity index is 1.09. The summed E-state index contributed by atoms with van der Waals surface area (Å²) in [6, 6.07) is 84.8. The molecule has 294 valence electrons. The summed E-state index contributed by atoms with van der Waals surface area (Å²) in [6.45, 7) is 0. The van der Waals surface area contributed by atoms with Crippen molar-refractivity contribution in [3.05, 3.63) is 242 Å². The summed E-state index contributed by atoms with van der Waals surface area (Å²) in [6.07, 6.45) is 0.836. The van der Waals surface area contributed by atoms with Crippen molar-refractivity contribution in [2.45, 2.75) is 6.42 Å². The van der Waals surface area contributed by atoms with Gasteiger partial charge in [-0.25, -0.2) is 0 Å². The van der Waals surface area contributed by atoms with Gasteiger partial charge in [0, 0.05) is 33.7 Å². The molecule has 13 rings (SSSR count). The predicted molar refractivity (Wildman–Crippen MR) is 265 cm³/mol. The van der Waals surface area contributed by atoms with Gasteiger partial charge < -0.3 is 9.13 Å². The first-order chi connectivity index (χ1) is 31.3. The van der Waals surface area contributed by atoms with Crippen molar-refractivity contribution < 1.29 is 0 Å². The lowest BCUT2D eigenvalue weighted by atomic mass is 9.90. The first kappa shape index (κ1) is 35.5. The van der Waals surface area contributed by atoms with E-state index in [4.69, 9.17) is 0 Å². The zero-order chi connectivity index (χ0) is 41.4. The quantitative estimate of drug-likeness (QED) is 0.159. The third-order valence-corrected chi connectivity index (χ3v) is 13.4. The van der Waals surface area contributed by atoms with E-state index in [1.165, 1.54) is 116 Å². The minimum absolute atomic E-state index is 0.836. The van der Waals surface area contributed by atoms with E-state index in [9.17, 15) is 0 Å². The van der Waals surface area contributed by atoms with Crippen LogP contribution >= 0.6 is 0 Å². The van der Waals surface area contributed by atoms with Gasteiger partial charge in [0.2, 0.25) is 0 Å². The molecule has 0 atom stereocenters. The number of hydrogen-bond donors (Lipinski definition) is 0. The maximum absolute atomic E-state index is 2.57. The summed E-state index contributed by atoms with van der Waals surface area (Å²) in [4.78, 5) is 0. The molecule has 2 heteroatoms. The van der Waals surface area contributed by atoms with Crippen molar-refractivity contribution in [2.24, 2.45) is 0 Å². The molecule has 0 amide bonds.